The first kappa shape index (κ1) is 24.7. The largest absolute Gasteiger partial charge is 0.455 e. The molecule has 33 heavy (non-hydrogen) atoms. The fraction of sp³-hybridized carbons (Fsp3) is 0.250. The van der Waals surface area contributed by atoms with Crippen LogP contribution in [0.15, 0.2) is 75.1 Å². The number of hydrogen-bond donors (Lipinski definition) is 2. The first-order valence-electron chi connectivity index (χ1n) is 10.4. The van der Waals surface area contributed by atoms with E-state index in [9.17, 15) is 13.2 Å². The van der Waals surface area contributed by atoms with E-state index in [-0.39, 0.29) is 10.8 Å². The van der Waals surface area contributed by atoms with E-state index < -0.39 is 22.0 Å². The summed E-state index contributed by atoms with van der Waals surface area (Å²) in [5.74, 6) is 0.585. The van der Waals surface area contributed by atoms with Crippen molar-refractivity contribution in [2.75, 3.05) is 0 Å². The minimum absolute atomic E-state index is 0.0810. The van der Waals surface area contributed by atoms with E-state index in [1.165, 1.54) is 18.3 Å². The third kappa shape index (κ3) is 7.02. The standard InChI is InChI=1S/C24H26ClN3O4S/c1-16(2)14-22(28-33(30,31)21-11-4-17(3)5-12-21)24(29)27-26-15-20-10-13-23(32-20)18-6-8-19(25)9-7-18/h4-13,15-16,22,28H,14H2,1-3H3,(H,27,29)/b26-15-/t22-/m0/s1. The van der Waals surface area contributed by atoms with Gasteiger partial charge in [0.25, 0.3) is 5.91 Å². The molecule has 2 N–H and O–H groups in total. The number of benzene rings is 2. The van der Waals surface area contributed by atoms with Crippen LogP contribution >= 0.6 is 11.6 Å². The van der Waals surface area contributed by atoms with Crippen molar-refractivity contribution >= 4 is 33.7 Å². The van der Waals surface area contributed by atoms with Crippen molar-refractivity contribution in [3.05, 3.63) is 77.0 Å². The zero-order valence-electron chi connectivity index (χ0n) is 18.6. The summed E-state index contributed by atoms with van der Waals surface area (Å²) < 4.78 is 33.7. The number of carbonyl (C=O) groups is 1. The van der Waals surface area contributed by atoms with Crippen LogP contribution in [-0.4, -0.2) is 26.6 Å². The zero-order chi connectivity index (χ0) is 24.0. The van der Waals surface area contributed by atoms with Gasteiger partial charge in [-0.3, -0.25) is 4.79 Å². The molecule has 0 aliphatic heterocycles. The van der Waals surface area contributed by atoms with Gasteiger partial charge in [-0.2, -0.15) is 9.82 Å². The smallest absolute Gasteiger partial charge is 0.258 e. The van der Waals surface area contributed by atoms with Crippen molar-refractivity contribution in [3.8, 4) is 11.3 Å². The molecule has 0 aliphatic carbocycles. The number of amides is 1. The van der Waals surface area contributed by atoms with Gasteiger partial charge in [0, 0.05) is 10.6 Å². The topological polar surface area (TPSA) is 101 Å². The predicted molar refractivity (Wildman–Crippen MR) is 130 cm³/mol. The van der Waals surface area contributed by atoms with Crippen LogP contribution in [0.5, 0.6) is 0 Å². The number of nitrogens with zero attached hydrogens (tertiary/aromatic N) is 1. The number of aryl methyl sites for hydroxylation is 1. The third-order valence-corrected chi connectivity index (χ3v) is 6.51. The number of furan rings is 1. The highest BCUT2D eigenvalue weighted by Crippen LogP contribution is 2.23. The van der Waals surface area contributed by atoms with Crippen molar-refractivity contribution in [2.24, 2.45) is 11.0 Å². The summed E-state index contributed by atoms with van der Waals surface area (Å²) in [7, 11) is -3.87. The monoisotopic (exact) mass is 487 g/mol. The van der Waals surface area contributed by atoms with E-state index >= 15 is 0 Å². The van der Waals surface area contributed by atoms with E-state index in [0.29, 0.717) is 23.0 Å². The average Bonchev–Trinajstić information content (AvgIpc) is 3.22. The molecule has 0 bridgehead atoms. The number of rotatable bonds is 9. The first-order valence-corrected chi connectivity index (χ1v) is 12.3. The van der Waals surface area contributed by atoms with Gasteiger partial charge in [0.15, 0.2) is 0 Å². The molecule has 0 radical (unpaired) electrons. The van der Waals surface area contributed by atoms with Crippen LogP contribution in [0.2, 0.25) is 5.02 Å². The maximum absolute atomic E-state index is 12.7. The van der Waals surface area contributed by atoms with E-state index in [2.05, 4.69) is 15.2 Å². The Morgan fingerprint density at radius 3 is 2.36 bits per heavy atom. The molecule has 0 saturated carbocycles. The fourth-order valence-electron chi connectivity index (χ4n) is 3.08. The molecule has 0 aliphatic rings. The van der Waals surface area contributed by atoms with Crippen molar-refractivity contribution in [3.63, 3.8) is 0 Å². The number of hydrogen-bond acceptors (Lipinski definition) is 5. The lowest BCUT2D eigenvalue weighted by molar-refractivity contribution is -0.123. The van der Waals surface area contributed by atoms with E-state index in [4.69, 9.17) is 16.0 Å². The fourth-order valence-corrected chi connectivity index (χ4v) is 4.42. The van der Waals surface area contributed by atoms with Crippen LogP contribution < -0.4 is 10.1 Å². The Hall–Kier alpha value is -2.94. The van der Waals surface area contributed by atoms with Crippen LogP contribution in [0.3, 0.4) is 0 Å². The number of hydrazone groups is 1. The lowest BCUT2D eigenvalue weighted by Gasteiger charge is -2.19. The summed E-state index contributed by atoms with van der Waals surface area (Å²) in [5.41, 5.74) is 4.20. The van der Waals surface area contributed by atoms with Crippen LogP contribution in [-0.2, 0) is 14.8 Å². The summed E-state index contributed by atoms with van der Waals surface area (Å²) >= 11 is 5.91. The summed E-state index contributed by atoms with van der Waals surface area (Å²) in [6.07, 6.45) is 1.67. The first-order chi connectivity index (χ1) is 15.6. The van der Waals surface area contributed by atoms with E-state index in [1.54, 1.807) is 36.4 Å². The second-order valence-corrected chi connectivity index (χ2v) is 10.2. The molecule has 1 atom stereocenters. The summed E-state index contributed by atoms with van der Waals surface area (Å²) in [6.45, 7) is 5.68. The van der Waals surface area contributed by atoms with Gasteiger partial charge in [-0.15, -0.1) is 0 Å². The molecule has 174 valence electrons. The zero-order valence-corrected chi connectivity index (χ0v) is 20.2. The number of halogens is 1. The van der Waals surface area contributed by atoms with Crippen molar-refractivity contribution in [1.82, 2.24) is 10.1 Å². The highest BCUT2D eigenvalue weighted by molar-refractivity contribution is 7.89. The third-order valence-electron chi connectivity index (χ3n) is 4.77. The van der Waals surface area contributed by atoms with Gasteiger partial charge in [-0.25, -0.2) is 13.8 Å². The Balaban J connectivity index is 1.67. The lowest BCUT2D eigenvalue weighted by atomic mass is 10.0. The van der Waals surface area contributed by atoms with E-state index in [0.717, 1.165) is 11.1 Å². The molecule has 0 saturated heterocycles. The maximum atomic E-state index is 12.7. The van der Waals surface area contributed by atoms with Gasteiger partial charge in [0.1, 0.15) is 17.6 Å². The summed E-state index contributed by atoms with van der Waals surface area (Å²) in [4.78, 5) is 12.8. The molecule has 0 spiro atoms. The van der Waals surface area contributed by atoms with Crippen LogP contribution in [0.4, 0.5) is 0 Å². The summed E-state index contributed by atoms with van der Waals surface area (Å²) in [6, 6.07) is 16.1. The van der Waals surface area contributed by atoms with Crippen LogP contribution in [0.25, 0.3) is 11.3 Å². The number of nitrogens with one attached hydrogen (secondary N) is 2. The second kappa shape index (κ2) is 10.8. The molecule has 9 heteroatoms. The Bertz CT molecular complexity index is 1220. The normalized spacial score (nSPS) is 12.9. The van der Waals surface area contributed by atoms with Crippen molar-refractivity contribution in [2.45, 2.75) is 38.1 Å². The van der Waals surface area contributed by atoms with Crippen molar-refractivity contribution < 1.29 is 17.6 Å². The minimum Gasteiger partial charge on any atom is -0.455 e. The Morgan fingerprint density at radius 1 is 1.06 bits per heavy atom. The molecule has 1 amide bonds. The van der Waals surface area contributed by atoms with Gasteiger partial charge in [-0.05, 0) is 67.8 Å². The molecule has 0 fully saturated rings. The molecular weight excluding hydrogens is 462 g/mol. The minimum atomic E-state index is -3.87. The molecule has 1 aromatic heterocycles. The highest BCUT2D eigenvalue weighted by atomic mass is 35.5. The van der Waals surface area contributed by atoms with Gasteiger partial charge in [-0.1, -0.05) is 43.1 Å². The molecule has 7 nitrogen and oxygen atoms in total. The quantitative estimate of drug-likeness (QED) is 0.336. The number of sulfonamides is 1. The predicted octanol–water partition coefficient (Wildman–Crippen LogP) is 4.75. The molecule has 3 rings (SSSR count). The molecule has 3 aromatic rings. The highest BCUT2D eigenvalue weighted by Gasteiger charge is 2.26. The van der Waals surface area contributed by atoms with Gasteiger partial charge in [0.2, 0.25) is 10.0 Å². The average molecular weight is 488 g/mol. The Labute approximate surface area is 198 Å². The van der Waals surface area contributed by atoms with Crippen LogP contribution in [0.1, 0.15) is 31.6 Å². The SMILES string of the molecule is Cc1ccc(S(=O)(=O)N[C@@H](CC(C)C)C(=O)N/N=C\c2ccc(-c3ccc(Cl)cc3)o2)cc1. The number of carbonyl (C=O) groups excluding carboxylic acids is 1. The van der Waals surface area contributed by atoms with Crippen molar-refractivity contribution in [1.29, 1.82) is 0 Å². The Kier molecular flexibility index (Phi) is 8.07. The van der Waals surface area contributed by atoms with Crippen LogP contribution in [0, 0.1) is 12.8 Å². The Morgan fingerprint density at radius 2 is 1.73 bits per heavy atom. The molecular formula is C24H26ClN3O4S. The van der Waals surface area contributed by atoms with Gasteiger partial charge >= 0.3 is 0 Å². The summed E-state index contributed by atoms with van der Waals surface area (Å²) in [5, 5.41) is 4.56. The maximum Gasteiger partial charge on any atom is 0.258 e. The van der Waals surface area contributed by atoms with Gasteiger partial charge < -0.3 is 4.42 Å². The molecule has 0 unspecified atom stereocenters. The van der Waals surface area contributed by atoms with Gasteiger partial charge in [0.05, 0.1) is 11.1 Å². The molecule has 1 heterocycles. The molecule has 2 aromatic carbocycles. The second-order valence-electron chi connectivity index (χ2n) is 8.06. The van der Waals surface area contributed by atoms with E-state index in [1.807, 2.05) is 32.9 Å². The lowest BCUT2D eigenvalue weighted by Crippen LogP contribution is -2.46.